The predicted octanol–water partition coefficient (Wildman–Crippen LogP) is -3.57. The molecule has 10 atom stereocenters. The highest BCUT2D eigenvalue weighted by Crippen LogP contribution is 2.22. The number of aromatic amines is 2. The van der Waals surface area contributed by atoms with E-state index in [0.29, 0.717) is 35.9 Å². The van der Waals surface area contributed by atoms with E-state index in [1.165, 1.54) is 17.4 Å². The van der Waals surface area contributed by atoms with Crippen molar-refractivity contribution < 1.29 is 68.4 Å². The zero-order valence-electron chi connectivity index (χ0n) is 42.3. The smallest absolute Gasteiger partial charge is 0.326 e. The maximum absolute atomic E-state index is 14.3. The van der Waals surface area contributed by atoms with Crippen LogP contribution in [0.4, 0.5) is 0 Å². The Morgan fingerprint density at radius 2 is 1.37 bits per heavy atom. The Balaban J connectivity index is 1.51. The Morgan fingerprint density at radius 1 is 0.763 bits per heavy atom. The molecule has 0 bridgehead atoms. The second-order valence-corrected chi connectivity index (χ2v) is 18.8. The SMILES string of the molecule is CC[C@H](C)[C@H](NC(=O)[C@H](CO)NC(=O)[C@H](Cc1c[nH]c2ccccc12)NC(=O)[C@H](Cc1cnc[nH]1)NC(=O)[C@@H](N)CS)C(=O)N[C@@H](CO)C(=O)N[C@@H](CCCCN)C(=O)N1CCC[C@H]1C(=O)N[C@@H](CCC(=O)O)C(=O)O. The van der Waals surface area contributed by atoms with E-state index in [4.69, 9.17) is 16.6 Å². The first-order valence-corrected chi connectivity index (χ1v) is 25.6. The van der Waals surface area contributed by atoms with Gasteiger partial charge in [-0.15, -0.1) is 0 Å². The number of fused-ring (bicyclic) bond motifs is 1. The number of carboxylic acids is 2. The number of aliphatic hydroxyl groups is 2. The lowest BCUT2D eigenvalue weighted by Crippen LogP contribution is -2.62. The number of aliphatic carboxylic acids is 2. The first-order valence-electron chi connectivity index (χ1n) is 24.9. The summed E-state index contributed by atoms with van der Waals surface area (Å²) in [5.41, 5.74) is 13.3. The van der Waals surface area contributed by atoms with Crippen molar-refractivity contribution in [3.05, 3.63) is 54.2 Å². The highest BCUT2D eigenvalue weighted by atomic mass is 32.1. The highest BCUT2D eigenvalue weighted by Gasteiger charge is 2.40. The molecule has 0 saturated carbocycles. The summed E-state index contributed by atoms with van der Waals surface area (Å²) in [7, 11) is 0. The first kappa shape index (κ1) is 61.4. The highest BCUT2D eigenvalue weighted by molar-refractivity contribution is 7.80. The van der Waals surface area contributed by atoms with Gasteiger partial charge in [0.25, 0.3) is 0 Å². The number of aliphatic hydroxyl groups excluding tert-OH is 2. The second-order valence-electron chi connectivity index (χ2n) is 18.5. The molecule has 1 aliphatic heterocycles. The molecule has 0 aliphatic carbocycles. The fourth-order valence-corrected chi connectivity index (χ4v) is 8.55. The molecule has 76 heavy (non-hydrogen) atoms. The van der Waals surface area contributed by atoms with E-state index in [9.17, 15) is 63.3 Å². The van der Waals surface area contributed by atoms with Crippen LogP contribution in [0.5, 0.6) is 0 Å². The number of likely N-dealkylation sites (tertiary alicyclic amines) is 1. The molecule has 0 unspecified atom stereocenters. The van der Waals surface area contributed by atoms with Gasteiger partial charge in [0, 0.05) is 60.6 Å². The molecule has 28 heteroatoms. The molecule has 418 valence electrons. The number of hydrogen-bond acceptors (Lipinski definition) is 16. The van der Waals surface area contributed by atoms with Gasteiger partial charge < -0.3 is 84.0 Å². The number of carboxylic acid groups (broad SMARTS) is 2. The number of imidazole rings is 1. The van der Waals surface area contributed by atoms with Gasteiger partial charge in [0.15, 0.2) is 0 Å². The van der Waals surface area contributed by atoms with Crippen molar-refractivity contribution in [3.63, 3.8) is 0 Å². The number of para-hydroxylation sites is 1. The van der Waals surface area contributed by atoms with Crippen molar-refractivity contribution >= 4 is 82.7 Å². The average molecular weight is 1090 g/mol. The summed E-state index contributed by atoms with van der Waals surface area (Å²) < 4.78 is 0. The van der Waals surface area contributed by atoms with Gasteiger partial charge in [-0.1, -0.05) is 38.5 Å². The molecule has 8 amide bonds. The molecule has 1 aliphatic rings. The van der Waals surface area contributed by atoms with Gasteiger partial charge in [-0.2, -0.15) is 12.6 Å². The minimum absolute atomic E-state index is 0.00859. The monoisotopic (exact) mass is 1090 g/mol. The number of thiol groups is 1. The Labute approximate surface area is 443 Å². The van der Waals surface area contributed by atoms with Gasteiger partial charge in [0.05, 0.1) is 25.6 Å². The van der Waals surface area contributed by atoms with Gasteiger partial charge in [0.2, 0.25) is 47.3 Å². The number of unbranched alkanes of at least 4 members (excludes halogenated alkanes) is 1. The topological polar surface area (TPSA) is 436 Å². The van der Waals surface area contributed by atoms with Gasteiger partial charge in [-0.05, 0) is 62.6 Å². The fourth-order valence-electron chi connectivity index (χ4n) is 8.39. The number of carbonyl (C=O) groups is 10. The van der Waals surface area contributed by atoms with Crippen LogP contribution in [0.25, 0.3) is 10.9 Å². The summed E-state index contributed by atoms with van der Waals surface area (Å²) in [5, 5.41) is 57.7. The molecule has 17 N–H and O–H groups in total. The van der Waals surface area contributed by atoms with Crippen molar-refractivity contribution in [1.82, 2.24) is 57.1 Å². The number of nitrogens with one attached hydrogen (secondary N) is 9. The number of carbonyl (C=O) groups excluding carboxylic acids is 8. The van der Waals surface area contributed by atoms with Crippen LogP contribution in [0.15, 0.2) is 43.0 Å². The number of H-pyrrole nitrogens is 2. The summed E-state index contributed by atoms with van der Waals surface area (Å²) in [6.07, 6.45) is 4.75. The Morgan fingerprint density at radius 3 is 1.97 bits per heavy atom. The lowest BCUT2D eigenvalue weighted by atomic mass is 9.97. The molecule has 1 aromatic carbocycles. The Bertz CT molecular complexity index is 2480. The molecular formula is C48H71N13O14S. The van der Waals surface area contributed by atoms with Crippen LogP contribution in [0, 0.1) is 5.92 Å². The van der Waals surface area contributed by atoms with E-state index in [1.54, 1.807) is 44.3 Å². The lowest BCUT2D eigenvalue weighted by Gasteiger charge is -2.31. The van der Waals surface area contributed by atoms with Gasteiger partial charge in [0.1, 0.15) is 48.3 Å². The summed E-state index contributed by atoms with van der Waals surface area (Å²) >= 11 is 4.07. The summed E-state index contributed by atoms with van der Waals surface area (Å²) in [6, 6.07) is -5.56. The largest absolute Gasteiger partial charge is 0.481 e. The van der Waals surface area contributed by atoms with E-state index in [1.807, 2.05) is 0 Å². The molecule has 27 nitrogen and oxygen atoms in total. The van der Waals surface area contributed by atoms with E-state index < -0.39 is 146 Å². The van der Waals surface area contributed by atoms with Crippen molar-refractivity contribution in [1.29, 1.82) is 0 Å². The fraction of sp³-hybridized carbons (Fsp3) is 0.562. The van der Waals surface area contributed by atoms with Crippen molar-refractivity contribution in [2.24, 2.45) is 17.4 Å². The van der Waals surface area contributed by atoms with Crippen LogP contribution < -0.4 is 48.7 Å². The third kappa shape index (κ3) is 17.7. The van der Waals surface area contributed by atoms with Gasteiger partial charge in [-0.3, -0.25) is 43.2 Å². The Hall–Kier alpha value is -7.14. The van der Waals surface area contributed by atoms with Crippen molar-refractivity contribution in [3.8, 4) is 0 Å². The summed E-state index contributed by atoms with van der Waals surface area (Å²) in [4.78, 5) is 144. The zero-order chi connectivity index (χ0) is 56.1. The average Bonchev–Trinajstić information content (AvgIpc) is 4.21. The number of hydrogen-bond donors (Lipinski definition) is 16. The number of amides is 8. The number of nitrogens with zero attached hydrogens (tertiary/aromatic N) is 2. The maximum Gasteiger partial charge on any atom is 0.326 e. The normalized spacial score (nSPS) is 16.8. The summed E-state index contributed by atoms with van der Waals surface area (Å²) in [5.74, 6) is -10.5. The molecule has 0 radical (unpaired) electrons. The number of rotatable bonds is 32. The number of nitrogens with two attached hydrogens (primary N) is 2. The van der Waals surface area contributed by atoms with Crippen LogP contribution in [0.2, 0.25) is 0 Å². The van der Waals surface area contributed by atoms with Crippen molar-refractivity contribution in [2.45, 2.75) is 132 Å². The standard InChI is InChI=1S/C48H71N13O14S/c1-3-25(2)39(46(72)59-35(21-62)43(69)54-31(11-6-7-15-49)47(73)61-16-8-12-37(61)45(71)55-32(48(74)75)13-14-38(64)65)60-44(70)36(22-63)58-41(67)33(17-26-19-52-30-10-5-4-9-28(26)30)57-42(68)34(18-27-20-51-24-53-27)56-40(66)29(50)23-76/h4-5,9-10,19-20,24-25,29,31-37,39,52,62-63,76H,3,6-8,11-18,21-23,49-50H2,1-2H3,(H,51,53)(H,54,69)(H,55,71)(H,56,66)(H,57,68)(H,58,67)(H,59,72)(H,60,70)(H,64,65)(H,74,75)/t25-,29-,31-,32-,33-,34-,35-,36-,37-,39-/m0/s1. The first-order chi connectivity index (χ1) is 36.3. The second kappa shape index (κ2) is 30.4. The lowest BCUT2D eigenvalue weighted by molar-refractivity contribution is -0.145. The molecule has 1 fully saturated rings. The van der Waals surface area contributed by atoms with E-state index in [0.717, 1.165) is 5.52 Å². The molecule has 4 rings (SSSR count). The zero-order valence-corrected chi connectivity index (χ0v) is 43.2. The molecule has 0 spiro atoms. The van der Waals surface area contributed by atoms with Crippen LogP contribution in [0.1, 0.15) is 76.5 Å². The van der Waals surface area contributed by atoms with Crippen molar-refractivity contribution in [2.75, 3.05) is 32.1 Å². The minimum Gasteiger partial charge on any atom is -0.481 e. The Kier molecular flexibility index (Phi) is 24.6. The molecule has 3 heterocycles. The molecular weight excluding hydrogens is 1010 g/mol. The quantitative estimate of drug-likeness (QED) is 0.0212. The third-order valence-corrected chi connectivity index (χ3v) is 13.4. The van der Waals surface area contributed by atoms with E-state index in [2.05, 4.69) is 64.8 Å². The third-order valence-electron chi connectivity index (χ3n) is 13.0. The van der Waals surface area contributed by atoms with E-state index >= 15 is 0 Å². The predicted molar refractivity (Wildman–Crippen MR) is 275 cm³/mol. The van der Waals surface area contributed by atoms with Crippen LogP contribution in [-0.2, 0) is 60.8 Å². The van der Waals surface area contributed by atoms with Crippen LogP contribution in [-0.4, -0.2) is 186 Å². The van der Waals surface area contributed by atoms with Gasteiger partial charge in [-0.25, -0.2) is 9.78 Å². The van der Waals surface area contributed by atoms with E-state index in [-0.39, 0.29) is 50.9 Å². The molecule has 3 aromatic rings. The van der Waals surface area contributed by atoms with Gasteiger partial charge >= 0.3 is 11.9 Å². The van der Waals surface area contributed by atoms with Crippen LogP contribution >= 0.6 is 12.6 Å². The number of aromatic nitrogens is 3. The molecule has 1 saturated heterocycles. The summed E-state index contributed by atoms with van der Waals surface area (Å²) in [6.45, 7) is 1.60. The number of benzene rings is 1. The molecule has 2 aromatic heterocycles. The minimum atomic E-state index is -1.73. The van der Waals surface area contributed by atoms with Crippen LogP contribution in [0.3, 0.4) is 0 Å². The maximum atomic E-state index is 14.3.